The van der Waals surface area contributed by atoms with Crippen LogP contribution in [0, 0.1) is 11.6 Å². The van der Waals surface area contributed by atoms with Crippen molar-refractivity contribution < 1.29 is 36.3 Å². The molecule has 0 aliphatic heterocycles. The number of halogens is 4. The summed E-state index contributed by atoms with van der Waals surface area (Å²) in [6.45, 7) is 5.80. The van der Waals surface area contributed by atoms with Crippen LogP contribution in [0.25, 0.3) is 5.69 Å². The number of quaternary nitrogens is 1. The summed E-state index contributed by atoms with van der Waals surface area (Å²) >= 11 is 12.9. The standard InChI is InChI=1S/C36H42Cl2F2N4O5S/c1-23(35(45)46)42(17-8-18-44(4,5)6)50(47,48)27-20-30(38)28(31(40)21-27)14-16-34-41-22-33(43(34)26-12-10-25(39)11-13-26)36(2,3)24-9-15-29(37)32(19-24)49-7/h9-13,15,19-23H,8,14,16-18H2,1-7H3/p+1. The molecule has 50 heavy (non-hydrogen) atoms. The van der Waals surface area contributed by atoms with E-state index in [1.807, 2.05) is 51.7 Å². The number of nitrogens with zero attached hydrogens (tertiary/aromatic N) is 4. The largest absolute Gasteiger partial charge is 0.495 e. The molecule has 0 amide bonds. The van der Waals surface area contributed by atoms with Crippen LogP contribution in [-0.4, -0.2) is 85.2 Å². The van der Waals surface area contributed by atoms with Crippen LogP contribution in [0.1, 0.15) is 49.8 Å². The minimum atomic E-state index is -4.43. The Morgan fingerprint density at radius 3 is 2.28 bits per heavy atom. The first-order valence-corrected chi connectivity index (χ1v) is 18.2. The molecule has 1 unspecified atom stereocenters. The highest BCUT2D eigenvalue weighted by molar-refractivity contribution is 7.89. The van der Waals surface area contributed by atoms with Gasteiger partial charge >= 0.3 is 5.97 Å². The van der Waals surface area contributed by atoms with Crippen LogP contribution in [0.3, 0.4) is 0 Å². The van der Waals surface area contributed by atoms with Crippen LogP contribution in [0.5, 0.6) is 5.75 Å². The van der Waals surface area contributed by atoms with Gasteiger partial charge < -0.3 is 14.3 Å². The molecule has 0 spiro atoms. The van der Waals surface area contributed by atoms with Crippen LogP contribution in [0.4, 0.5) is 8.78 Å². The van der Waals surface area contributed by atoms with Gasteiger partial charge in [0.1, 0.15) is 29.3 Å². The number of ether oxygens (including phenoxy) is 1. The van der Waals surface area contributed by atoms with Crippen LogP contribution >= 0.6 is 23.2 Å². The van der Waals surface area contributed by atoms with E-state index in [9.17, 15) is 22.7 Å². The number of aryl methyl sites for hydroxylation is 1. The van der Waals surface area contributed by atoms with Crippen molar-refractivity contribution in [3.05, 3.63) is 105 Å². The van der Waals surface area contributed by atoms with Crippen LogP contribution in [0.2, 0.25) is 10.0 Å². The van der Waals surface area contributed by atoms with E-state index < -0.39 is 44.0 Å². The lowest BCUT2D eigenvalue weighted by atomic mass is 9.81. The van der Waals surface area contributed by atoms with Gasteiger partial charge in [0, 0.05) is 47.3 Å². The van der Waals surface area contributed by atoms with E-state index in [4.69, 9.17) is 27.9 Å². The number of carboxylic acid groups (broad SMARTS) is 1. The Balaban J connectivity index is 1.70. The van der Waals surface area contributed by atoms with Crippen molar-refractivity contribution in [2.45, 2.75) is 56.4 Å². The highest BCUT2D eigenvalue weighted by atomic mass is 35.5. The van der Waals surface area contributed by atoms with Crippen molar-refractivity contribution in [1.82, 2.24) is 13.9 Å². The molecule has 9 nitrogen and oxygen atoms in total. The molecule has 3 aromatic carbocycles. The van der Waals surface area contributed by atoms with Gasteiger partial charge in [-0.1, -0.05) is 43.1 Å². The fourth-order valence-electron chi connectivity index (χ4n) is 5.77. The van der Waals surface area contributed by atoms with Gasteiger partial charge in [-0.3, -0.25) is 9.36 Å². The Kier molecular flexibility index (Phi) is 12.1. The molecule has 0 saturated heterocycles. The molecule has 0 bridgehead atoms. The smallest absolute Gasteiger partial charge is 0.321 e. The Hall–Kier alpha value is -3.55. The summed E-state index contributed by atoms with van der Waals surface area (Å²) in [4.78, 5) is 16.1. The molecule has 0 saturated carbocycles. The average Bonchev–Trinajstić information content (AvgIpc) is 3.47. The lowest BCUT2D eigenvalue weighted by molar-refractivity contribution is -0.870. The van der Waals surface area contributed by atoms with Crippen molar-refractivity contribution in [2.24, 2.45) is 0 Å². The zero-order chi connectivity index (χ0) is 37.2. The van der Waals surface area contributed by atoms with Gasteiger partial charge in [-0.2, -0.15) is 4.31 Å². The van der Waals surface area contributed by atoms with Crippen molar-refractivity contribution in [1.29, 1.82) is 0 Å². The molecule has 4 rings (SSSR count). The second-order valence-electron chi connectivity index (χ2n) is 13.7. The van der Waals surface area contributed by atoms with E-state index in [1.54, 1.807) is 24.4 Å². The van der Waals surface area contributed by atoms with Gasteiger partial charge in [-0.05, 0) is 67.4 Å². The summed E-state index contributed by atoms with van der Waals surface area (Å²) in [5, 5.41) is 10.0. The molecule has 0 radical (unpaired) electrons. The van der Waals surface area contributed by atoms with Gasteiger partial charge in [-0.25, -0.2) is 22.2 Å². The SMILES string of the molecule is COc1cc(C(C)(C)c2cnc(CCc3c(F)cc(S(=O)(=O)N(CCC[N+](C)(C)C)C(C)C(=O)O)cc3Cl)n2-c2ccc(F)cc2)ccc1Cl. The van der Waals surface area contributed by atoms with Gasteiger partial charge in [0.15, 0.2) is 0 Å². The van der Waals surface area contributed by atoms with Crippen molar-refractivity contribution in [3.63, 3.8) is 0 Å². The predicted molar refractivity (Wildman–Crippen MR) is 191 cm³/mol. The van der Waals surface area contributed by atoms with Gasteiger partial charge in [0.2, 0.25) is 10.0 Å². The minimum absolute atomic E-state index is 0.0522. The fourth-order valence-corrected chi connectivity index (χ4v) is 8.00. The Morgan fingerprint density at radius 2 is 1.70 bits per heavy atom. The first-order chi connectivity index (χ1) is 23.3. The number of carbonyl (C=O) groups is 1. The van der Waals surface area contributed by atoms with Crippen LogP contribution in [0.15, 0.2) is 65.7 Å². The maximum absolute atomic E-state index is 15.8. The molecule has 0 aliphatic carbocycles. The first-order valence-electron chi connectivity index (χ1n) is 16.0. The average molecular weight is 753 g/mol. The number of sulfonamides is 1. The third-order valence-corrected chi connectivity index (χ3v) is 11.3. The van der Waals surface area contributed by atoms with Crippen LogP contribution < -0.4 is 4.74 Å². The Morgan fingerprint density at radius 1 is 1.04 bits per heavy atom. The molecular weight excluding hydrogens is 709 g/mol. The number of aliphatic carboxylic acids is 1. The predicted octanol–water partition coefficient (Wildman–Crippen LogP) is 7.14. The molecule has 1 heterocycles. The molecule has 1 N–H and O–H groups in total. The Bertz CT molecular complexity index is 1940. The third-order valence-electron chi connectivity index (χ3n) is 8.75. The number of rotatable bonds is 15. The molecule has 4 aromatic rings. The number of benzene rings is 3. The number of methoxy groups -OCH3 is 1. The topological polar surface area (TPSA) is 102 Å². The van der Waals surface area contributed by atoms with E-state index in [0.29, 0.717) is 39.7 Å². The zero-order valence-electron chi connectivity index (χ0n) is 29.2. The highest BCUT2D eigenvalue weighted by Crippen LogP contribution is 2.38. The van der Waals surface area contributed by atoms with E-state index in [0.717, 1.165) is 27.7 Å². The molecule has 0 fully saturated rings. The van der Waals surface area contributed by atoms with Crippen LogP contribution in [-0.2, 0) is 33.1 Å². The number of aromatic nitrogens is 2. The molecule has 1 atom stereocenters. The maximum atomic E-state index is 15.8. The van der Waals surface area contributed by atoms with E-state index in [1.165, 1.54) is 26.2 Å². The normalized spacial score (nSPS) is 13.1. The van der Waals surface area contributed by atoms with Gasteiger partial charge in [0.05, 0.1) is 50.4 Å². The van der Waals surface area contributed by atoms with Crippen molar-refractivity contribution in [3.8, 4) is 11.4 Å². The number of imidazole rings is 1. The second kappa shape index (κ2) is 15.4. The van der Waals surface area contributed by atoms with Crippen molar-refractivity contribution >= 4 is 39.2 Å². The molecular formula is C36H43Cl2F2N4O5S+. The van der Waals surface area contributed by atoms with Gasteiger partial charge in [0.25, 0.3) is 0 Å². The number of carboxylic acids is 1. The summed E-state index contributed by atoms with van der Waals surface area (Å²) < 4.78 is 65.9. The second-order valence-corrected chi connectivity index (χ2v) is 16.4. The van der Waals surface area contributed by atoms with E-state index in [2.05, 4.69) is 4.98 Å². The van der Waals surface area contributed by atoms with E-state index in [-0.39, 0.29) is 30.0 Å². The molecule has 1 aromatic heterocycles. The monoisotopic (exact) mass is 751 g/mol. The van der Waals surface area contributed by atoms with Crippen molar-refractivity contribution in [2.75, 3.05) is 41.3 Å². The summed E-state index contributed by atoms with van der Waals surface area (Å²) in [6.07, 6.45) is 2.34. The van der Waals surface area contributed by atoms with Gasteiger partial charge in [-0.15, -0.1) is 0 Å². The summed E-state index contributed by atoms with van der Waals surface area (Å²) in [5.41, 5.74) is 1.69. The number of hydrogen-bond acceptors (Lipinski definition) is 5. The maximum Gasteiger partial charge on any atom is 0.321 e. The zero-order valence-corrected chi connectivity index (χ0v) is 31.5. The summed E-state index contributed by atoms with van der Waals surface area (Å²) in [7, 11) is 2.93. The lowest BCUT2D eigenvalue weighted by Crippen LogP contribution is -2.45. The highest BCUT2D eigenvalue weighted by Gasteiger charge is 2.35. The van der Waals surface area contributed by atoms with E-state index >= 15 is 4.39 Å². The minimum Gasteiger partial charge on any atom is -0.495 e. The summed E-state index contributed by atoms with van der Waals surface area (Å²) in [5.74, 6) is -1.54. The lowest BCUT2D eigenvalue weighted by Gasteiger charge is -2.29. The summed E-state index contributed by atoms with van der Waals surface area (Å²) in [6, 6.07) is 12.1. The molecule has 270 valence electrons. The fraction of sp³-hybridized carbons (Fsp3) is 0.389. The molecule has 14 heteroatoms. The third kappa shape index (κ3) is 8.66. The number of hydrogen-bond donors (Lipinski definition) is 1. The quantitative estimate of drug-likeness (QED) is 0.130. The first kappa shape index (κ1) is 39.2. The Labute approximate surface area is 302 Å². The molecule has 0 aliphatic rings.